The van der Waals surface area contributed by atoms with Crippen LogP contribution >= 0.6 is 0 Å². The highest BCUT2D eigenvalue weighted by Crippen LogP contribution is 2.56. The van der Waals surface area contributed by atoms with Crippen LogP contribution in [0.1, 0.15) is 64.9 Å². The Kier molecular flexibility index (Phi) is 7.27. The van der Waals surface area contributed by atoms with Gasteiger partial charge < -0.3 is 24.9 Å². The van der Waals surface area contributed by atoms with Crippen molar-refractivity contribution in [2.24, 2.45) is 5.41 Å². The molecule has 6 rings (SSSR count). The third-order valence-corrected chi connectivity index (χ3v) is 8.69. The third-order valence-electron chi connectivity index (χ3n) is 8.69. The maximum atomic E-state index is 12.8. The quantitative estimate of drug-likeness (QED) is 0.362. The van der Waals surface area contributed by atoms with E-state index < -0.39 is 6.10 Å². The number of rotatable bonds is 10. The number of pyridine rings is 1. The molecule has 1 atom stereocenters. The Balaban J connectivity index is 0.962. The molecule has 2 aliphatic carbocycles. The predicted molar refractivity (Wildman–Crippen MR) is 147 cm³/mol. The molecule has 3 aliphatic rings. The lowest BCUT2D eigenvalue weighted by molar-refractivity contribution is 0.0191. The van der Waals surface area contributed by atoms with Gasteiger partial charge in [-0.05, 0) is 79.3 Å². The van der Waals surface area contributed by atoms with Gasteiger partial charge in [-0.2, -0.15) is 0 Å². The molecule has 206 valence electrons. The fourth-order valence-corrected chi connectivity index (χ4v) is 6.36. The van der Waals surface area contributed by atoms with E-state index in [4.69, 9.17) is 9.15 Å². The molecule has 39 heavy (non-hydrogen) atoms. The van der Waals surface area contributed by atoms with Crippen molar-refractivity contribution in [1.82, 2.24) is 20.2 Å². The largest absolute Gasteiger partial charge is 0.485 e. The first-order valence-electron chi connectivity index (χ1n) is 14.0. The molecular weight excluding hydrogens is 494 g/mol. The minimum Gasteiger partial charge on any atom is -0.485 e. The molecule has 1 aliphatic heterocycles. The zero-order chi connectivity index (χ0) is 26.8. The van der Waals surface area contributed by atoms with Gasteiger partial charge in [-0.25, -0.2) is 9.97 Å². The van der Waals surface area contributed by atoms with Crippen molar-refractivity contribution < 1.29 is 19.1 Å². The molecule has 0 bridgehead atoms. The van der Waals surface area contributed by atoms with Crippen LogP contribution in [0.3, 0.4) is 0 Å². The number of hydrogen-bond donors (Lipinski definition) is 3. The van der Waals surface area contributed by atoms with E-state index in [1.807, 2.05) is 6.07 Å². The monoisotopic (exact) mass is 531 g/mol. The van der Waals surface area contributed by atoms with Crippen LogP contribution in [0.5, 0.6) is 5.75 Å². The van der Waals surface area contributed by atoms with Crippen LogP contribution in [0.15, 0.2) is 47.5 Å². The maximum Gasteiger partial charge on any atom is 0.251 e. The van der Waals surface area contributed by atoms with Crippen LogP contribution in [0.25, 0.3) is 0 Å². The summed E-state index contributed by atoms with van der Waals surface area (Å²) in [5.41, 5.74) is 4.84. The van der Waals surface area contributed by atoms with Gasteiger partial charge in [-0.3, -0.25) is 9.69 Å². The van der Waals surface area contributed by atoms with Crippen molar-refractivity contribution in [3.05, 3.63) is 71.1 Å². The Bertz CT molecular complexity index is 1300. The summed E-state index contributed by atoms with van der Waals surface area (Å²) in [6.45, 7) is 4.73. The van der Waals surface area contributed by atoms with Crippen LogP contribution in [0.4, 0.5) is 5.82 Å². The minimum absolute atomic E-state index is 0.193. The number of aliphatic hydroxyl groups is 1. The van der Waals surface area contributed by atoms with Crippen LogP contribution in [-0.4, -0.2) is 57.7 Å². The van der Waals surface area contributed by atoms with Crippen molar-refractivity contribution in [2.75, 3.05) is 25.0 Å². The molecule has 1 amide bonds. The summed E-state index contributed by atoms with van der Waals surface area (Å²) in [4.78, 5) is 23.3. The van der Waals surface area contributed by atoms with Gasteiger partial charge in [0.2, 0.25) is 0 Å². The molecule has 3 N–H and O–H groups in total. The van der Waals surface area contributed by atoms with E-state index in [2.05, 4.69) is 38.5 Å². The second-order valence-electron chi connectivity index (χ2n) is 11.5. The van der Waals surface area contributed by atoms with Crippen molar-refractivity contribution >= 4 is 11.7 Å². The summed E-state index contributed by atoms with van der Waals surface area (Å²) in [5.74, 6) is 2.10. The molecule has 2 aromatic heterocycles. The number of hydrogen-bond acceptors (Lipinski definition) is 8. The summed E-state index contributed by atoms with van der Waals surface area (Å²) in [5, 5.41) is 17.1. The fourth-order valence-electron chi connectivity index (χ4n) is 6.36. The van der Waals surface area contributed by atoms with E-state index >= 15 is 0 Å². The minimum atomic E-state index is -0.658. The number of oxazole rings is 1. The Labute approximate surface area is 229 Å². The van der Waals surface area contributed by atoms with Gasteiger partial charge in [0.25, 0.3) is 5.91 Å². The van der Waals surface area contributed by atoms with Crippen molar-refractivity contribution in [2.45, 2.75) is 70.7 Å². The standard InChI is InChI=1S/C30H37N5O4/c1-20-26-6-10-35(16-22(26)3-4-27(20)38-18-25-15-31-19-39-25)17-24(36)14-33-29(37)21-5-9-32-28(11-21)34-23-12-30(13-23)7-2-8-30/h3-5,9,11,15,19,23-24,36H,2,6-8,10,12-14,16-18H2,1H3,(H,32,34)(H,33,37). The number of amides is 1. The van der Waals surface area contributed by atoms with Gasteiger partial charge in [0.1, 0.15) is 18.2 Å². The van der Waals surface area contributed by atoms with E-state index in [9.17, 15) is 9.90 Å². The molecule has 9 heteroatoms. The number of fused-ring (bicyclic) bond motifs is 1. The van der Waals surface area contributed by atoms with Gasteiger partial charge in [0.15, 0.2) is 12.2 Å². The lowest BCUT2D eigenvalue weighted by Crippen LogP contribution is -2.49. The first-order valence-corrected chi connectivity index (χ1v) is 14.0. The van der Waals surface area contributed by atoms with Crippen molar-refractivity contribution in [3.63, 3.8) is 0 Å². The number of anilines is 1. The molecule has 2 fully saturated rings. The zero-order valence-electron chi connectivity index (χ0n) is 22.5. The molecule has 1 unspecified atom stereocenters. The van der Waals surface area contributed by atoms with Gasteiger partial charge in [0.05, 0.1) is 12.3 Å². The van der Waals surface area contributed by atoms with Crippen LogP contribution in [-0.2, 0) is 19.6 Å². The third kappa shape index (κ3) is 5.79. The number of carbonyl (C=O) groups is 1. The average molecular weight is 532 g/mol. The van der Waals surface area contributed by atoms with Crippen molar-refractivity contribution in [3.8, 4) is 5.75 Å². The Morgan fingerprint density at radius 3 is 2.95 bits per heavy atom. The van der Waals surface area contributed by atoms with Crippen LogP contribution in [0, 0.1) is 12.3 Å². The lowest BCUT2D eigenvalue weighted by Gasteiger charge is -2.54. The van der Waals surface area contributed by atoms with Gasteiger partial charge in [0, 0.05) is 44.0 Å². The van der Waals surface area contributed by atoms with E-state index in [0.717, 1.165) is 36.6 Å². The number of nitrogens with one attached hydrogen (secondary N) is 2. The normalized spacial score (nSPS) is 19.0. The van der Waals surface area contributed by atoms with E-state index in [1.54, 1.807) is 24.5 Å². The lowest BCUT2D eigenvalue weighted by atomic mass is 9.54. The summed E-state index contributed by atoms with van der Waals surface area (Å²) < 4.78 is 11.2. The highest BCUT2D eigenvalue weighted by atomic mass is 16.5. The molecule has 0 radical (unpaired) electrons. The maximum absolute atomic E-state index is 12.8. The van der Waals surface area contributed by atoms with Crippen molar-refractivity contribution in [1.29, 1.82) is 0 Å². The zero-order valence-corrected chi connectivity index (χ0v) is 22.5. The van der Waals surface area contributed by atoms with Crippen LogP contribution < -0.4 is 15.4 Å². The molecule has 2 saturated carbocycles. The fraction of sp³-hybridized carbons (Fsp3) is 0.500. The van der Waals surface area contributed by atoms with E-state index in [-0.39, 0.29) is 12.5 Å². The summed E-state index contributed by atoms with van der Waals surface area (Å²) in [7, 11) is 0. The highest BCUT2D eigenvalue weighted by molar-refractivity contribution is 5.94. The number of aromatic nitrogens is 2. The number of β-amino-alcohol motifs (C(OH)–C–C–N with tert-alkyl or cyclic N) is 1. The molecule has 9 nitrogen and oxygen atoms in total. The Hall–Kier alpha value is -3.43. The highest BCUT2D eigenvalue weighted by Gasteiger charge is 2.48. The number of nitrogens with zero attached hydrogens (tertiary/aromatic N) is 3. The van der Waals surface area contributed by atoms with E-state index in [0.29, 0.717) is 35.9 Å². The number of benzene rings is 1. The summed E-state index contributed by atoms with van der Waals surface area (Å²) >= 11 is 0. The molecule has 1 aromatic carbocycles. The first-order chi connectivity index (χ1) is 19.0. The molecule has 3 heterocycles. The summed E-state index contributed by atoms with van der Waals surface area (Å²) in [6.07, 6.45) is 11.4. The second-order valence-corrected chi connectivity index (χ2v) is 11.5. The van der Waals surface area contributed by atoms with Crippen LogP contribution in [0.2, 0.25) is 0 Å². The van der Waals surface area contributed by atoms with Gasteiger partial charge >= 0.3 is 0 Å². The Morgan fingerprint density at radius 1 is 1.31 bits per heavy atom. The molecular formula is C30H37N5O4. The molecule has 1 spiro atoms. The molecule has 3 aromatic rings. The topological polar surface area (TPSA) is 113 Å². The van der Waals surface area contributed by atoms with Gasteiger partial charge in [-0.1, -0.05) is 12.5 Å². The van der Waals surface area contributed by atoms with E-state index in [1.165, 1.54) is 49.6 Å². The SMILES string of the molecule is Cc1c(OCc2cnco2)ccc2c1CCN(CC(O)CNC(=O)c1ccnc(NC3CC4(CCC4)C3)c1)C2. The average Bonchev–Trinajstić information content (AvgIpc) is 3.41. The number of ether oxygens (including phenoxy) is 1. The summed E-state index contributed by atoms with van der Waals surface area (Å²) in [6, 6.07) is 8.08. The first kappa shape index (κ1) is 25.8. The smallest absolute Gasteiger partial charge is 0.251 e. The predicted octanol–water partition coefficient (Wildman–Crippen LogP) is 3.85. The van der Waals surface area contributed by atoms with Gasteiger partial charge in [-0.15, -0.1) is 0 Å². The molecule has 0 saturated heterocycles. The number of aliphatic hydroxyl groups excluding tert-OH is 1. The second kappa shape index (κ2) is 11.0. The number of carbonyl (C=O) groups excluding carboxylic acids is 1. The Morgan fingerprint density at radius 2 is 2.18 bits per heavy atom.